The van der Waals surface area contributed by atoms with Crippen molar-refractivity contribution in [3.63, 3.8) is 0 Å². The highest BCUT2D eigenvalue weighted by Gasteiger charge is 2.19. The van der Waals surface area contributed by atoms with Crippen LogP contribution < -0.4 is 5.73 Å². The van der Waals surface area contributed by atoms with Crippen LogP contribution in [0.15, 0.2) is 41.3 Å². The van der Waals surface area contributed by atoms with Crippen molar-refractivity contribution in [2.24, 2.45) is 5.73 Å². The molecule has 2 aromatic rings. The van der Waals surface area contributed by atoms with Gasteiger partial charge in [-0.05, 0) is 45.0 Å². The van der Waals surface area contributed by atoms with Gasteiger partial charge in [0.2, 0.25) is 0 Å². The smallest absolute Gasteiger partial charge is 0.0586 e. The summed E-state index contributed by atoms with van der Waals surface area (Å²) in [5, 5.41) is 0.338. The second kappa shape index (κ2) is 5.91. The van der Waals surface area contributed by atoms with Crippen molar-refractivity contribution in [2.45, 2.75) is 37.0 Å². The predicted octanol–water partition coefficient (Wildman–Crippen LogP) is 4.55. The van der Waals surface area contributed by atoms with Crippen molar-refractivity contribution in [3.05, 3.63) is 51.7 Å². The molecule has 1 nitrogen and oxygen atoms in total. The summed E-state index contributed by atoms with van der Waals surface area (Å²) in [4.78, 5) is 4.01. The van der Waals surface area contributed by atoms with Crippen LogP contribution in [0.4, 0.5) is 0 Å². The average Bonchev–Trinajstić information content (AvgIpc) is 2.72. The Morgan fingerprint density at radius 3 is 2.50 bits per heavy atom. The minimum absolute atomic E-state index is 0.147. The minimum atomic E-state index is 0.147. The van der Waals surface area contributed by atoms with Gasteiger partial charge in [0, 0.05) is 20.7 Å². The number of nitrogens with two attached hydrogens (primary N) is 1. The fourth-order valence-electron chi connectivity index (χ4n) is 1.87. The lowest BCUT2D eigenvalue weighted by atomic mass is 10.2. The van der Waals surface area contributed by atoms with E-state index in [9.17, 15) is 0 Å². The third-order valence-electron chi connectivity index (χ3n) is 2.77. The molecule has 1 heterocycles. The maximum Gasteiger partial charge on any atom is 0.0586 e. The highest BCUT2D eigenvalue weighted by molar-refractivity contribution is 7.99. The summed E-state index contributed by atoms with van der Waals surface area (Å²) in [5.74, 6) is 0. The van der Waals surface area contributed by atoms with Gasteiger partial charge in [0.1, 0.15) is 0 Å². The SMILES string of the molecule is Cc1cccc(SC(c2ccc(C)s2)C(C)N)c1. The van der Waals surface area contributed by atoms with Crippen molar-refractivity contribution >= 4 is 23.1 Å². The molecule has 2 rings (SSSR count). The van der Waals surface area contributed by atoms with E-state index in [4.69, 9.17) is 5.73 Å². The average molecular weight is 277 g/mol. The van der Waals surface area contributed by atoms with Gasteiger partial charge in [-0.1, -0.05) is 17.7 Å². The molecule has 2 N–H and O–H groups in total. The van der Waals surface area contributed by atoms with E-state index in [0.29, 0.717) is 5.25 Å². The van der Waals surface area contributed by atoms with Gasteiger partial charge in [0.25, 0.3) is 0 Å². The summed E-state index contributed by atoms with van der Waals surface area (Å²) in [6, 6.07) is 13.1. The molecule has 2 atom stereocenters. The van der Waals surface area contributed by atoms with E-state index in [-0.39, 0.29) is 6.04 Å². The Kier molecular flexibility index (Phi) is 4.49. The first kappa shape index (κ1) is 13.7. The number of aryl methyl sites for hydroxylation is 2. The summed E-state index contributed by atoms with van der Waals surface area (Å²) in [6.07, 6.45) is 0. The second-order valence-electron chi connectivity index (χ2n) is 4.66. The topological polar surface area (TPSA) is 26.0 Å². The first-order valence-corrected chi connectivity index (χ1v) is 7.81. The van der Waals surface area contributed by atoms with Crippen molar-refractivity contribution in [1.82, 2.24) is 0 Å². The number of thiophene rings is 1. The van der Waals surface area contributed by atoms with Gasteiger partial charge in [0.05, 0.1) is 5.25 Å². The van der Waals surface area contributed by atoms with E-state index in [0.717, 1.165) is 0 Å². The Hall–Kier alpha value is -0.770. The number of benzene rings is 1. The summed E-state index contributed by atoms with van der Waals surface area (Å²) in [6.45, 7) is 6.35. The molecule has 0 saturated heterocycles. The third kappa shape index (κ3) is 3.37. The van der Waals surface area contributed by atoms with Crippen LogP contribution in [0.2, 0.25) is 0 Å². The zero-order valence-corrected chi connectivity index (χ0v) is 12.6. The molecule has 0 aliphatic heterocycles. The normalized spacial score (nSPS) is 14.4. The zero-order valence-electron chi connectivity index (χ0n) is 11.0. The highest BCUT2D eigenvalue weighted by Crippen LogP contribution is 2.40. The van der Waals surface area contributed by atoms with E-state index in [1.54, 1.807) is 0 Å². The Bertz CT molecular complexity index is 517. The summed E-state index contributed by atoms with van der Waals surface area (Å²) in [7, 11) is 0. The van der Waals surface area contributed by atoms with E-state index < -0.39 is 0 Å². The Morgan fingerprint density at radius 1 is 1.17 bits per heavy atom. The lowest BCUT2D eigenvalue weighted by Crippen LogP contribution is -2.21. The van der Waals surface area contributed by atoms with Crippen LogP contribution in [0.3, 0.4) is 0 Å². The Morgan fingerprint density at radius 2 is 1.94 bits per heavy atom. The van der Waals surface area contributed by atoms with Crippen LogP contribution in [0.1, 0.15) is 27.5 Å². The molecule has 96 valence electrons. The third-order valence-corrected chi connectivity index (χ3v) is 5.47. The number of thioether (sulfide) groups is 1. The molecule has 0 amide bonds. The van der Waals surface area contributed by atoms with Crippen LogP contribution in [0, 0.1) is 13.8 Å². The van der Waals surface area contributed by atoms with Crippen LogP contribution >= 0.6 is 23.1 Å². The molecule has 0 aliphatic rings. The van der Waals surface area contributed by atoms with E-state index in [1.807, 2.05) is 23.1 Å². The molecule has 0 saturated carbocycles. The van der Waals surface area contributed by atoms with E-state index in [1.165, 1.54) is 20.2 Å². The Balaban J connectivity index is 2.22. The van der Waals surface area contributed by atoms with Gasteiger partial charge in [-0.25, -0.2) is 0 Å². The molecule has 0 bridgehead atoms. The predicted molar refractivity (Wildman–Crippen MR) is 82.5 cm³/mol. The van der Waals surface area contributed by atoms with Gasteiger partial charge in [-0.15, -0.1) is 23.1 Å². The van der Waals surface area contributed by atoms with Crippen LogP contribution in [-0.2, 0) is 0 Å². The van der Waals surface area contributed by atoms with Gasteiger partial charge in [0.15, 0.2) is 0 Å². The van der Waals surface area contributed by atoms with Crippen LogP contribution in [0.25, 0.3) is 0 Å². The zero-order chi connectivity index (χ0) is 13.1. The fraction of sp³-hybridized carbons (Fsp3) is 0.333. The molecule has 2 unspecified atom stereocenters. The standard InChI is InChI=1S/C15H19NS2/c1-10-5-4-6-13(9-10)18-15(12(3)16)14-8-7-11(2)17-14/h4-9,12,15H,16H2,1-3H3. The summed E-state index contributed by atoms with van der Waals surface area (Å²) >= 11 is 3.71. The minimum Gasteiger partial charge on any atom is -0.327 e. The molecule has 0 spiro atoms. The number of hydrogen-bond acceptors (Lipinski definition) is 3. The monoisotopic (exact) mass is 277 g/mol. The number of rotatable bonds is 4. The first-order chi connectivity index (χ1) is 8.56. The maximum atomic E-state index is 6.15. The maximum absolute atomic E-state index is 6.15. The van der Waals surface area contributed by atoms with Crippen molar-refractivity contribution in [2.75, 3.05) is 0 Å². The second-order valence-corrected chi connectivity index (χ2v) is 7.20. The quantitative estimate of drug-likeness (QED) is 0.830. The molecule has 18 heavy (non-hydrogen) atoms. The largest absolute Gasteiger partial charge is 0.327 e. The lowest BCUT2D eigenvalue weighted by Gasteiger charge is -2.19. The molecular formula is C15H19NS2. The fourth-order valence-corrected chi connectivity index (χ4v) is 4.24. The van der Waals surface area contributed by atoms with Crippen molar-refractivity contribution < 1.29 is 0 Å². The van der Waals surface area contributed by atoms with E-state index in [2.05, 4.69) is 57.2 Å². The van der Waals surface area contributed by atoms with Crippen molar-refractivity contribution in [1.29, 1.82) is 0 Å². The van der Waals surface area contributed by atoms with Gasteiger partial charge < -0.3 is 5.73 Å². The van der Waals surface area contributed by atoms with E-state index >= 15 is 0 Å². The molecular weight excluding hydrogens is 258 g/mol. The lowest BCUT2D eigenvalue weighted by molar-refractivity contribution is 0.730. The van der Waals surface area contributed by atoms with Gasteiger partial charge >= 0.3 is 0 Å². The van der Waals surface area contributed by atoms with Gasteiger partial charge in [-0.3, -0.25) is 0 Å². The molecule has 1 aromatic heterocycles. The van der Waals surface area contributed by atoms with Crippen LogP contribution in [0.5, 0.6) is 0 Å². The summed E-state index contributed by atoms with van der Waals surface area (Å²) in [5.41, 5.74) is 7.45. The first-order valence-electron chi connectivity index (χ1n) is 6.11. The van der Waals surface area contributed by atoms with Crippen molar-refractivity contribution in [3.8, 4) is 0 Å². The Labute approximate surface area is 117 Å². The van der Waals surface area contributed by atoms with Crippen LogP contribution in [-0.4, -0.2) is 6.04 Å². The number of hydrogen-bond donors (Lipinski definition) is 1. The highest BCUT2D eigenvalue weighted by atomic mass is 32.2. The molecule has 0 radical (unpaired) electrons. The summed E-state index contributed by atoms with van der Waals surface area (Å²) < 4.78 is 0. The molecule has 0 fully saturated rings. The molecule has 0 aliphatic carbocycles. The van der Waals surface area contributed by atoms with Gasteiger partial charge in [-0.2, -0.15) is 0 Å². The molecule has 1 aromatic carbocycles. The molecule has 3 heteroatoms.